The Kier molecular flexibility index (Phi) is 4.81. The highest BCUT2D eigenvalue weighted by atomic mass is 32.2. The number of imidazole rings is 1. The molecular formula is C14H17N3O2S. The fraction of sp³-hybridized carbons (Fsp3) is 0.286. The number of benzene rings is 1. The largest absolute Gasteiger partial charge is 0.390 e. The zero-order chi connectivity index (χ0) is 14.5. The van der Waals surface area contributed by atoms with Crippen molar-refractivity contribution >= 4 is 23.4 Å². The number of carbonyl (C=O) groups excluding carboxylic acids is 1. The molecule has 1 aromatic heterocycles. The maximum atomic E-state index is 11.8. The molecule has 0 spiro atoms. The van der Waals surface area contributed by atoms with Gasteiger partial charge in [0.25, 0.3) is 0 Å². The van der Waals surface area contributed by atoms with Crippen LogP contribution in [0.2, 0.25) is 0 Å². The molecule has 20 heavy (non-hydrogen) atoms. The summed E-state index contributed by atoms with van der Waals surface area (Å²) in [5.74, 6) is 0.205. The minimum atomic E-state index is -0.0765. The molecular weight excluding hydrogens is 274 g/mol. The number of hydrogen-bond donors (Lipinski definition) is 2. The van der Waals surface area contributed by atoms with E-state index < -0.39 is 0 Å². The monoisotopic (exact) mass is 291 g/mol. The van der Waals surface area contributed by atoms with Gasteiger partial charge in [-0.3, -0.25) is 4.79 Å². The van der Waals surface area contributed by atoms with Gasteiger partial charge in [-0.25, -0.2) is 4.98 Å². The summed E-state index contributed by atoms with van der Waals surface area (Å²) in [4.78, 5) is 16.0. The first-order valence-electron chi connectivity index (χ1n) is 6.21. The Hall–Kier alpha value is -1.79. The highest BCUT2D eigenvalue weighted by Gasteiger charge is 2.09. The molecule has 0 radical (unpaired) electrons. The Morgan fingerprint density at radius 1 is 1.40 bits per heavy atom. The molecule has 6 heteroatoms. The standard InChI is InChI=1S/C14H17N3O2S/c1-10-3-5-11(6-4-10)16-13(19)9-20-14-15-7-12(8-18)17(14)2/h3-7,18H,8-9H2,1-2H3,(H,16,19). The van der Waals surface area contributed by atoms with E-state index in [1.54, 1.807) is 10.8 Å². The normalized spacial score (nSPS) is 10.6. The molecule has 1 heterocycles. The van der Waals surface area contributed by atoms with Crippen LogP contribution in [0.15, 0.2) is 35.6 Å². The van der Waals surface area contributed by atoms with Gasteiger partial charge in [-0.1, -0.05) is 29.5 Å². The van der Waals surface area contributed by atoms with E-state index in [0.29, 0.717) is 5.16 Å². The minimum absolute atomic E-state index is 0.0559. The van der Waals surface area contributed by atoms with Gasteiger partial charge in [0.2, 0.25) is 5.91 Å². The Labute approximate surface area is 122 Å². The summed E-state index contributed by atoms with van der Waals surface area (Å²) in [5.41, 5.74) is 2.67. The molecule has 2 rings (SSSR count). The number of nitrogens with one attached hydrogen (secondary N) is 1. The third-order valence-electron chi connectivity index (χ3n) is 2.87. The Morgan fingerprint density at radius 2 is 2.10 bits per heavy atom. The summed E-state index contributed by atoms with van der Waals surface area (Å²) in [6.07, 6.45) is 1.61. The lowest BCUT2D eigenvalue weighted by atomic mass is 10.2. The maximum absolute atomic E-state index is 11.8. The molecule has 106 valence electrons. The Balaban J connectivity index is 1.88. The number of nitrogens with zero attached hydrogens (tertiary/aromatic N) is 2. The van der Waals surface area contributed by atoms with Gasteiger partial charge in [0.15, 0.2) is 5.16 Å². The van der Waals surface area contributed by atoms with E-state index in [0.717, 1.165) is 16.9 Å². The van der Waals surface area contributed by atoms with Crippen LogP contribution in [0.25, 0.3) is 0 Å². The van der Waals surface area contributed by atoms with E-state index >= 15 is 0 Å². The summed E-state index contributed by atoms with van der Waals surface area (Å²) < 4.78 is 1.78. The van der Waals surface area contributed by atoms with Gasteiger partial charge in [0.05, 0.1) is 24.3 Å². The van der Waals surface area contributed by atoms with Gasteiger partial charge in [-0.15, -0.1) is 0 Å². The second-order valence-electron chi connectivity index (χ2n) is 4.45. The van der Waals surface area contributed by atoms with Crippen LogP contribution in [-0.4, -0.2) is 26.3 Å². The van der Waals surface area contributed by atoms with Crippen molar-refractivity contribution in [1.29, 1.82) is 0 Å². The lowest BCUT2D eigenvalue weighted by Gasteiger charge is -2.06. The molecule has 0 aliphatic rings. The van der Waals surface area contributed by atoms with Crippen LogP contribution in [0, 0.1) is 6.92 Å². The summed E-state index contributed by atoms with van der Waals surface area (Å²) in [7, 11) is 1.82. The zero-order valence-electron chi connectivity index (χ0n) is 11.5. The van der Waals surface area contributed by atoms with Crippen molar-refractivity contribution in [2.75, 3.05) is 11.1 Å². The number of aliphatic hydroxyl groups is 1. The highest BCUT2D eigenvalue weighted by Crippen LogP contribution is 2.18. The number of carbonyl (C=O) groups is 1. The number of hydrogen-bond acceptors (Lipinski definition) is 4. The first-order chi connectivity index (χ1) is 9.60. The third-order valence-corrected chi connectivity index (χ3v) is 3.92. The molecule has 0 aliphatic heterocycles. The molecule has 2 aromatic rings. The number of amides is 1. The molecule has 1 amide bonds. The second-order valence-corrected chi connectivity index (χ2v) is 5.39. The minimum Gasteiger partial charge on any atom is -0.390 e. The maximum Gasteiger partial charge on any atom is 0.234 e. The topological polar surface area (TPSA) is 67.2 Å². The molecule has 0 atom stereocenters. The Morgan fingerprint density at radius 3 is 2.70 bits per heavy atom. The van der Waals surface area contributed by atoms with E-state index in [-0.39, 0.29) is 18.3 Å². The first kappa shape index (κ1) is 14.6. The SMILES string of the molecule is Cc1ccc(NC(=O)CSc2ncc(CO)n2C)cc1. The summed E-state index contributed by atoms with van der Waals surface area (Å²) in [6, 6.07) is 7.66. The molecule has 2 N–H and O–H groups in total. The van der Waals surface area contributed by atoms with Crippen molar-refractivity contribution in [1.82, 2.24) is 9.55 Å². The van der Waals surface area contributed by atoms with E-state index in [2.05, 4.69) is 10.3 Å². The van der Waals surface area contributed by atoms with Crippen LogP contribution in [0.4, 0.5) is 5.69 Å². The van der Waals surface area contributed by atoms with Crippen LogP contribution < -0.4 is 5.32 Å². The number of rotatable bonds is 5. The molecule has 1 aromatic carbocycles. The fourth-order valence-corrected chi connectivity index (χ4v) is 2.44. The van der Waals surface area contributed by atoms with Crippen LogP contribution in [0.3, 0.4) is 0 Å². The van der Waals surface area contributed by atoms with Crippen molar-refractivity contribution in [3.63, 3.8) is 0 Å². The van der Waals surface area contributed by atoms with Crippen molar-refractivity contribution < 1.29 is 9.90 Å². The number of aryl methyl sites for hydroxylation is 1. The molecule has 0 aliphatic carbocycles. The lowest BCUT2D eigenvalue weighted by molar-refractivity contribution is -0.113. The predicted molar refractivity (Wildman–Crippen MR) is 79.7 cm³/mol. The fourth-order valence-electron chi connectivity index (χ4n) is 1.67. The van der Waals surface area contributed by atoms with Crippen molar-refractivity contribution in [2.24, 2.45) is 7.05 Å². The van der Waals surface area contributed by atoms with Crippen LogP contribution >= 0.6 is 11.8 Å². The van der Waals surface area contributed by atoms with Crippen molar-refractivity contribution in [3.05, 3.63) is 41.7 Å². The van der Waals surface area contributed by atoms with Gasteiger partial charge in [-0.2, -0.15) is 0 Å². The van der Waals surface area contributed by atoms with Crippen molar-refractivity contribution in [2.45, 2.75) is 18.7 Å². The first-order valence-corrected chi connectivity index (χ1v) is 7.19. The molecule has 0 saturated heterocycles. The summed E-state index contributed by atoms with van der Waals surface area (Å²) >= 11 is 1.34. The quantitative estimate of drug-likeness (QED) is 0.826. The zero-order valence-corrected chi connectivity index (χ0v) is 12.3. The average molecular weight is 291 g/mol. The number of aliphatic hydroxyl groups excluding tert-OH is 1. The average Bonchev–Trinajstić information content (AvgIpc) is 2.79. The number of thioether (sulfide) groups is 1. The van der Waals surface area contributed by atoms with Crippen LogP contribution in [-0.2, 0) is 18.4 Å². The van der Waals surface area contributed by atoms with Gasteiger partial charge >= 0.3 is 0 Å². The molecule has 0 unspecified atom stereocenters. The summed E-state index contributed by atoms with van der Waals surface area (Å²) in [5, 5.41) is 12.6. The third kappa shape index (κ3) is 3.61. The molecule has 0 saturated carbocycles. The summed E-state index contributed by atoms with van der Waals surface area (Å²) in [6.45, 7) is 1.95. The molecule has 0 fully saturated rings. The van der Waals surface area contributed by atoms with Crippen molar-refractivity contribution in [3.8, 4) is 0 Å². The lowest BCUT2D eigenvalue weighted by Crippen LogP contribution is -2.14. The highest BCUT2D eigenvalue weighted by molar-refractivity contribution is 7.99. The van der Waals surface area contributed by atoms with E-state index in [1.165, 1.54) is 11.8 Å². The van der Waals surface area contributed by atoms with Gasteiger partial charge in [0, 0.05) is 12.7 Å². The number of aromatic nitrogens is 2. The van der Waals surface area contributed by atoms with Crippen LogP contribution in [0.1, 0.15) is 11.3 Å². The van der Waals surface area contributed by atoms with E-state index in [4.69, 9.17) is 5.11 Å². The van der Waals surface area contributed by atoms with Gasteiger partial charge in [0.1, 0.15) is 0 Å². The van der Waals surface area contributed by atoms with Crippen LogP contribution in [0.5, 0.6) is 0 Å². The molecule has 5 nitrogen and oxygen atoms in total. The predicted octanol–water partition coefficient (Wildman–Crippen LogP) is 1.95. The number of anilines is 1. The Bertz CT molecular complexity index is 593. The molecule has 0 bridgehead atoms. The van der Waals surface area contributed by atoms with E-state index in [9.17, 15) is 4.79 Å². The second kappa shape index (κ2) is 6.58. The van der Waals surface area contributed by atoms with Gasteiger partial charge < -0.3 is 15.0 Å². The smallest absolute Gasteiger partial charge is 0.234 e. The van der Waals surface area contributed by atoms with Gasteiger partial charge in [-0.05, 0) is 19.1 Å². The van der Waals surface area contributed by atoms with E-state index in [1.807, 2.05) is 38.2 Å².